The quantitative estimate of drug-likeness (QED) is 0.383. The van der Waals surface area contributed by atoms with E-state index in [1.54, 1.807) is 18.3 Å². The third kappa shape index (κ3) is 3.69. The van der Waals surface area contributed by atoms with Crippen molar-refractivity contribution in [3.8, 4) is 0 Å². The Labute approximate surface area is 156 Å². The predicted octanol–water partition coefficient (Wildman–Crippen LogP) is 4.17. The lowest BCUT2D eigenvalue weighted by Crippen LogP contribution is -2.07. The average Bonchev–Trinajstić information content (AvgIpc) is 3.04. The molecule has 27 heavy (non-hydrogen) atoms. The van der Waals surface area contributed by atoms with Gasteiger partial charge in [-0.2, -0.15) is 0 Å². The Morgan fingerprint density at radius 1 is 1.00 bits per heavy atom. The molecule has 0 fully saturated rings. The van der Waals surface area contributed by atoms with E-state index in [2.05, 4.69) is 21.7 Å². The summed E-state index contributed by atoms with van der Waals surface area (Å²) in [6.07, 6.45) is 3.23. The Kier molecular flexibility index (Phi) is 4.61. The molecule has 0 aliphatic heterocycles. The number of nitrogens with zero attached hydrogens (tertiary/aromatic N) is 4. The largest absolute Gasteiger partial charge is 0.327 e. The molecule has 2 aromatic carbocycles. The van der Waals surface area contributed by atoms with E-state index in [-0.39, 0.29) is 10.6 Å². The second-order valence-corrected chi connectivity index (χ2v) is 6.34. The molecule has 0 saturated heterocycles. The maximum atomic E-state index is 11.1. The molecular formula is C21H18N4O2. The van der Waals surface area contributed by atoms with Gasteiger partial charge < -0.3 is 4.57 Å². The van der Waals surface area contributed by atoms with E-state index in [1.165, 1.54) is 6.07 Å². The van der Waals surface area contributed by atoms with E-state index in [0.29, 0.717) is 18.5 Å². The van der Waals surface area contributed by atoms with Gasteiger partial charge in [-0.05, 0) is 23.8 Å². The molecule has 0 saturated carbocycles. The molecule has 0 unspecified atom stereocenters. The molecule has 6 nitrogen and oxygen atoms in total. The lowest BCUT2D eigenvalue weighted by Gasteiger charge is -2.09. The number of fused-ring (bicyclic) bond motifs is 1. The number of aromatic nitrogens is 3. The number of benzene rings is 2. The van der Waals surface area contributed by atoms with Gasteiger partial charge >= 0.3 is 0 Å². The van der Waals surface area contributed by atoms with Crippen LogP contribution in [0.2, 0.25) is 0 Å². The molecule has 134 valence electrons. The molecule has 4 rings (SSSR count). The van der Waals surface area contributed by atoms with E-state index < -0.39 is 0 Å². The third-order valence-corrected chi connectivity index (χ3v) is 4.54. The first-order valence-electron chi connectivity index (χ1n) is 8.78. The van der Waals surface area contributed by atoms with Crippen LogP contribution in [0.4, 0.5) is 5.69 Å². The Morgan fingerprint density at radius 3 is 2.56 bits per heavy atom. The summed E-state index contributed by atoms with van der Waals surface area (Å²) >= 11 is 0. The fraction of sp³-hybridized carbons (Fsp3) is 0.143. The van der Waals surface area contributed by atoms with Gasteiger partial charge in [0.2, 0.25) is 0 Å². The van der Waals surface area contributed by atoms with Gasteiger partial charge in [0.25, 0.3) is 5.69 Å². The van der Waals surface area contributed by atoms with Crippen LogP contribution >= 0.6 is 0 Å². The molecule has 0 aliphatic rings. The smallest absolute Gasteiger partial charge is 0.271 e. The second-order valence-electron chi connectivity index (χ2n) is 6.34. The van der Waals surface area contributed by atoms with Crippen LogP contribution in [0.25, 0.3) is 11.0 Å². The van der Waals surface area contributed by atoms with Gasteiger partial charge in [0.15, 0.2) is 0 Å². The van der Waals surface area contributed by atoms with E-state index in [1.807, 2.05) is 36.4 Å². The first-order valence-corrected chi connectivity index (χ1v) is 8.78. The molecule has 4 aromatic rings. The van der Waals surface area contributed by atoms with E-state index in [0.717, 1.165) is 29.0 Å². The summed E-state index contributed by atoms with van der Waals surface area (Å²) in [6.45, 7) is 0.716. The minimum absolute atomic E-state index is 0.0585. The highest BCUT2D eigenvalue weighted by molar-refractivity contribution is 5.78. The maximum absolute atomic E-state index is 11.1. The first kappa shape index (κ1) is 16.9. The molecule has 0 N–H and O–H groups in total. The van der Waals surface area contributed by atoms with Crippen LogP contribution in [0.3, 0.4) is 0 Å². The summed E-state index contributed by atoms with van der Waals surface area (Å²) in [5, 5.41) is 11.1. The molecule has 0 aliphatic carbocycles. The van der Waals surface area contributed by atoms with E-state index in [9.17, 15) is 10.1 Å². The summed E-state index contributed by atoms with van der Waals surface area (Å²) in [6, 6.07) is 20.8. The molecule has 6 heteroatoms. The van der Waals surface area contributed by atoms with Crippen molar-refractivity contribution in [3.63, 3.8) is 0 Å². The maximum Gasteiger partial charge on any atom is 0.271 e. The average molecular weight is 358 g/mol. The first-order chi connectivity index (χ1) is 13.2. The van der Waals surface area contributed by atoms with Crippen molar-refractivity contribution in [2.24, 2.45) is 0 Å². The zero-order chi connectivity index (χ0) is 18.6. The number of hydrogen-bond acceptors (Lipinski definition) is 4. The zero-order valence-electron chi connectivity index (χ0n) is 14.7. The Bertz CT molecular complexity index is 1080. The Morgan fingerprint density at radius 2 is 1.81 bits per heavy atom. The summed E-state index contributed by atoms with van der Waals surface area (Å²) in [7, 11) is 0. The summed E-state index contributed by atoms with van der Waals surface area (Å²) in [4.78, 5) is 19.8. The summed E-state index contributed by atoms with van der Waals surface area (Å²) < 4.78 is 2.14. The van der Waals surface area contributed by atoms with Crippen molar-refractivity contribution in [3.05, 3.63) is 100 Å². The molecular weight excluding hydrogens is 340 g/mol. The minimum atomic E-state index is -0.386. The van der Waals surface area contributed by atoms with Crippen LogP contribution < -0.4 is 0 Å². The van der Waals surface area contributed by atoms with Crippen LogP contribution in [-0.4, -0.2) is 19.5 Å². The van der Waals surface area contributed by atoms with Crippen molar-refractivity contribution < 1.29 is 4.92 Å². The van der Waals surface area contributed by atoms with Gasteiger partial charge in [-0.25, -0.2) is 4.98 Å². The van der Waals surface area contributed by atoms with Gasteiger partial charge in [-0.1, -0.05) is 36.4 Å². The number of hydrogen-bond donors (Lipinski definition) is 0. The SMILES string of the molecule is O=[N+]([O-])c1ccc2c(c1)nc(Cc1ccccc1)n2CCc1ccccn1. The topological polar surface area (TPSA) is 73.8 Å². The van der Waals surface area contributed by atoms with Crippen molar-refractivity contribution in [1.29, 1.82) is 0 Å². The van der Waals surface area contributed by atoms with Crippen molar-refractivity contribution in [2.45, 2.75) is 19.4 Å². The molecule has 0 spiro atoms. The number of nitro groups is 1. The van der Waals surface area contributed by atoms with Crippen LogP contribution in [0.15, 0.2) is 72.9 Å². The monoisotopic (exact) mass is 358 g/mol. The highest BCUT2D eigenvalue weighted by Crippen LogP contribution is 2.23. The Balaban J connectivity index is 1.72. The number of rotatable bonds is 6. The lowest BCUT2D eigenvalue weighted by atomic mass is 10.1. The highest BCUT2D eigenvalue weighted by Gasteiger charge is 2.15. The summed E-state index contributed by atoms with van der Waals surface area (Å²) in [5.74, 6) is 0.896. The van der Waals surface area contributed by atoms with E-state index >= 15 is 0 Å². The van der Waals surface area contributed by atoms with Crippen LogP contribution in [0, 0.1) is 10.1 Å². The molecule has 2 heterocycles. The standard InChI is InChI=1S/C21H18N4O2/c26-25(27)18-9-10-20-19(15-18)23-21(14-16-6-2-1-3-7-16)24(20)13-11-17-8-4-5-12-22-17/h1-10,12,15H,11,13-14H2. The molecule has 0 bridgehead atoms. The third-order valence-electron chi connectivity index (χ3n) is 4.54. The van der Waals surface area contributed by atoms with Crippen molar-refractivity contribution in [1.82, 2.24) is 14.5 Å². The molecule has 2 aromatic heterocycles. The molecule has 0 amide bonds. The van der Waals surface area contributed by atoms with Crippen molar-refractivity contribution in [2.75, 3.05) is 0 Å². The van der Waals surface area contributed by atoms with Gasteiger partial charge in [0.05, 0.1) is 16.0 Å². The van der Waals surface area contributed by atoms with Gasteiger partial charge in [-0.15, -0.1) is 0 Å². The summed E-state index contributed by atoms with van der Waals surface area (Å²) in [5.41, 5.74) is 3.77. The molecule has 0 atom stereocenters. The number of pyridine rings is 1. The lowest BCUT2D eigenvalue weighted by molar-refractivity contribution is -0.384. The minimum Gasteiger partial charge on any atom is -0.327 e. The van der Waals surface area contributed by atoms with E-state index in [4.69, 9.17) is 4.98 Å². The van der Waals surface area contributed by atoms with Crippen molar-refractivity contribution >= 4 is 16.7 Å². The second kappa shape index (κ2) is 7.37. The highest BCUT2D eigenvalue weighted by atomic mass is 16.6. The fourth-order valence-electron chi connectivity index (χ4n) is 3.22. The zero-order valence-corrected chi connectivity index (χ0v) is 14.7. The van der Waals surface area contributed by atoms with Gasteiger partial charge in [0, 0.05) is 43.4 Å². The molecule has 0 radical (unpaired) electrons. The Hall–Kier alpha value is -3.54. The van der Waals surface area contributed by atoms with Gasteiger partial charge in [0.1, 0.15) is 5.82 Å². The number of imidazole rings is 1. The number of non-ortho nitro benzene ring substituents is 1. The normalized spacial score (nSPS) is 11.0. The van der Waals surface area contributed by atoms with Crippen LogP contribution in [-0.2, 0) is 19.4 Å². The number of aryl methyl sites for hydroxylation is 2. The predicted molar refractivity (Wildman–Crippen MR) is 104 cm³/mol. The van der Waals surface area contributed by atoms with Crippen LogP contribution in [0.1, 0.15) is 17.1 Å². The van der Waals surface area contributed by atoms with Gasteiger partial charge in [-0.3, -0.25) is 15.1 Å². The fourth-order valence-corrected chi connectivity index (χ4v) is 3.22. The van der Waals surface area contributed by atoms with Crippen LogP contribution in [0.5, 0.6) is 0 Å². The number of nitro benzene ring substituents is 1.